The average Bonchev–Trinajstić information content (AvgIpc) is 2.83. The Morgan fingerprint density at radius 2 is 2.05 bits per heavy atom. The Kier molecular flexibility index (Phi) is 5.83. The van der Waals surface area contributed by atoms with E-state index < -0.39 is 0 Å². The van der Waals surface area contributed by atoms with Crippen LogP contribution in [0.5, 0.6) is 0 Å². The highest BCUT2D eigenvalue weighted by molar-refractivity contribution is 9.10. The number of thiophene rings is 1. The monoisotopic (exact) mass is 389 g/mol. The summed E-state index contributed by atoms with van der Waals surface area (Å²) < 4.78 is 14.0. The Labute approximate surface area is 142 Å². The summed E-state index contributed by atoms with van der Waals surface area (Å²) in [6.07, 6.45) is 0. The minimum absolute atomic E-state index is 0.326. The first-order valence-electron chi connectivity index (χ1n) is 6.92. The van der Waals surface area contributed by atoms with Gasteiger partial charge in [0.1, 0.15) is 5.82 Å². The number of hydrogen-bond donors (Lipinski definition) is 1. The standard InChI is InChI=1S/C16H18BrClFNS/c1-4-20-16(9(2)3)14-6-5-13(21-14)15-11(17)7-10(19)8-12(15)18/h5-9,16,20H,4H2,1-3H3. The molecule has 0 amide bonds. The number of halogens is 3. The van der Waals surface area contributed by atoms with E-state index in [0.717, 1.165) is 17.0 Å². The maximum Gasteiger partial charge on any atom is 0.125 e. The molecule has 1 atom stereocenters. The maximum atomic E-state index is 13.3. The first kappa shape index (κ1) is 16.9. The normalized spacial score (nSPS) is 12.9. The van der Waals surface area contributed by atoms with Crippen LogP contribution in [0, 0.1) is 11.7 Å². The predicted octanol–water partition coefficient (Wildman–Crippen LogP) is 6.28. The van der Waals surface area contributed by atoms with Gasteiger partial charge in [0, 0.05) is 25.8 Å². The van der Waals surface area contributed by atoms with Gasteiger partial charge in [-0.15, -0.1) is 11.3 Å². The maximum absolute atomic E-state index is 13.3. The van der Waals surface area contributed by atoms with Crippen LogP contribution >= 0.6 is 38.9 Å². The van der Waals surface area contributed by atoms with Gasteiger partial charge in [-0.25, -0.2) is 4.39 Å². The zero-order valence-electron chi connectivity index (χ0n) is 12.2. The van der Waals surface area contributed by atoms with Crippen LogP contribution in [0.25, 0.3) is 10.4 Å². The molecule has 1 aromatic carbocycles. The molecule has 0 aliphatic heterocycles. The highest BCUT2D eigenvalue weighted by Crippen LogP contribution is 2.41. The third-order valence-electron chi connectivity index (χ3n) is 3.28. The first-order valence-corrected chi connectivity index (χ1v) is 8.90. The molecule has 0 aliphatic rings. The fraction of sp³-hybridized carbons (Fsp3) is 0.375. The van der Waals surface area contributed by atoms with E-state index in [0.29, 0.717) is 21.5 Å². The molecular formula is C16H18BrClFNS. The van der Waals surface area contributed by atoms with Crippen molar-refractivity contribution >= 4 is 38.9 Å². The summed E-state index contributed by atoms with van der Waals surface area (Å²) >= 11 is 11.3. The van der Waals surface area contributed by atoms with Crippen LogP contribution in [0.1, 0.15) is 31.7 Å². The van der Waals surface area contributed by atoms with Crippen molar-refractivity contribution in [3.63, 3.8) is 0 Å². The van der Waals surface area contributed by atoms with Gasteiger partial charge < -0.3 is 5.32 Å². The molecule has 0 radical (unpaired) electrons. The molecule has 2 rings (SSSR count). The SMILES string of the molecule is CCNC(c1ccc(-c2c(Cl)cc(F)cc2Br)s1)C(C)C. The van der Waals surface area contributed by atoms with E-state index in [1.165, 1.54) is 17.0 Å². The van der Waals surface area contributed by atoms with E-state index in [4.69, 9.17) is 11.6 Å². The van der Waals surface area contributed by atoms with E-state index >= 15 is 0 Å². The molecule has 0 aliphatic carbocycles. The fourth-order valence-electron chi connectivity index (χ4n) is 2.32. The molecule has 1 heterocycles. The van der Waals surface area contributed by atoms with E-state index in [1.807, 2.05) is 0 Å². The average molecular weight is 391 g/mol. The lowest BCUT2D eigenvalue weighted by Crippen LogP contribution is -2.24. The van der Waals surface area contributed by atoms with Gasteiger partial charge in [0.2, 0.25) is 0 Å². The summed E-state index contributed by atoms with van der Waals surface area (Å²) in [7, 11) is 0. The van der Waals surface area contributed by atoms with E-state index in [1.54, 1.807) is 11.3 Å². The molecule has 0 spiro atoms. The Hall–Kier alpha value is -0.420. The summed E-state index contributed by atoms with van der Waals surface area (Å²) in [6.45, 7) is 7.44. The fourth-order valence-corrected chi connectivity index (χ4v) is 4.90. The van der Waals surface area contributed by atoms with Crippen molar-refractivity contribution in [2.75, 3.05) is 6.54 Å². The Balaban J connectivity index is 2.40. The molecule has 0 fully saturated rings. The summed E-state index contributed by atoms with van der Waals surface area (Å²) in [6, 6.07) is 7.30. The summed E-state index contributed by atoms with van der Waals surface area (Å²) in [4.78, 5) is 2.32. The third-order valence-corrected chi connectivity index (χ3v) is 5.39. The highest BCUT2D eigenvalue weighted by Gasteiger charge is 2.19. The summed E-state index contributed by atoms with van der Waals surface area (Å²) in [5.74, 6) is 0.170. The van der Waals surface area contributed by atoms with Crippen LogP contribution in [-0.2, 0) is 0 Å². The molecule has 0 saturated carbocycles. The van der Waals surface area contributed by atoms with E-state index in [2.05, 4.69) is 54.2 Å². The Bertz CT molecular complexity index is 603. The van der Waals surface area contributed by atoms with Gasteiger partial charge in [-0.1, -0.05) is 32.4 Å². The second-order valence-electron chi connectivity index (χ2n) is 5.23. The van der Waals surface area contributed by atoms with Crippen molar-refractivity contribution in [2.24, 2.45) is 5.92 Å². The lowest BCUT2D eigenvalue weighted by molar-refractivity contribution is 0.428. The zero-order chi connectivity index (χ0) is 15.6. The highest BCUT2D eigenvalue weighted by atomic mass is 79.9. The molecule has 1 N–H and O–H groups in total. The van der Waals surface area contributed by atoms with Gasteiger partial charge in [-0.2, -0.15) is 0 Å². The molecule has 114 valence electrons. The van der Waals surface area contributed by atoms with Crippen molar-refractivity contribution in [1.82, 2.24) is 5.32 Å². The van der Waals surface area contributed by atoms with Crippen LogP contribution in [0.4, 0.5) is 4.39 Å². The van der Waals surface area contributed by atoms with Crippen molar-refractivity contribution in [3.8, 4) is 10.4 Å². The van der Waals surface area contributed by atoms with Gasteiger partial charge in [0.15, 0.2) is 0 Å². The molecule has 1 aromatic heterocycles. The summed E-state index contributed by atoms with van der Waals surface area (Å²) in [5.41, 5.74) is 0.855. The van der Waals surface area contributed by atoms with Crippen LogP contribution in [0.15, 0.2) is 28.7 Å². The van der Waals surface area contributed by atoms with Gasteiger partial charge >= 0.3 is 0 Å². The van der Waals surface area contributed by atoms with Crippen LogP contribution in [0.2, 0.25) is 5.02 Å². The smallest absolute Gasteiger partial charge is 0.125 e. The third kappa shape index (κ3) is 3.86. The van der Waals surface area contributed by atoms with Gasteiger partial charge in [-0.3, -0.25) is 0 Å². The number of nitrogens with one attached hydrogen (secondary N) is 1. The van der Waals surface area contributed by atoms with Gasteiger partial charge in [0.05, 0.1) is 5.02 Å². The molecule has 2 aromatic rings. The molecule has 21 heavy (non-hydrogen) atoms. The Morgan fingerprint density at radius 3 is 2.62 bits per heavy atom. The quantitative estimate of drug-likeness (QED) is 0.633. The van der Waals surface area contributed by atoms with Crippen molar-refractivity contribution in [1.29, 1.82) is 0 Å². The molecule has 0 saturated heterocycles. The zero-order valence-corrected chi connectivity index (χ0v) is 15.4. The molecule has 0 bridgehead atoms. The van der Waals surface area contributed by atoms with E-state index in [9.17, 15) is 4.39 Å². The number of hydrogen-bond acceptors (Lipinski definition) is 2. The second-order valence-corrected chi connectivity index (χ2v) is 7.60. The predicted molar refractivity (Wildman–Crippen MR) is 93.7 cm³/mol. The van der Waals surface area contributed by atoms with Crippen molar-refractivity contribution < 1.29 is 4.39 Å². The van der Waals surface area contributed by atoms with Crippen molar-refractivity contribution in [3.05, 3.63) is 44.5 Å². The minimum atomic E-state index is -0.333. The number of benzene rings is 1. The largest absolute Gasteiger partial charge is 0.309 e. The Morgan fingerprint density at radius 1 is 1.33 bits per heavy atom. The van der Waals surface area contributed by atoms with Gasteiger partial charge in [0.25, 0.3) is 0 Å². The lowest BCUT2D eigenvalue weighted by Gasteiger charge is -2.20. The van der Waals surface area contributed by atoms with E-state index in [-0.39, 0.29) is 5.82 Å². The van der Waals surface area contributed by atoms with Crippen molar-refractivity contribution in [2.45, 2.75) is 26.8 Å². The first-order chi connectivity index (χ1) is 9.93. The second kappa shape index (κ2) is 7.23. The molecule has 1 unspecified atom stereocenters. The molecular weight excluding hydrogens is 373 g/mol. The molecule has 1 nitrogen and oxygen atoms in total. The minimum Gasteiger partial charge on any atom is -0.309 e. The van der Waals surface area contributed by atoms with Gasteiger partial charge in [-0.05, 0) is 52.7 Å². The van der Waals surface area contributed by atoms with Crippen LogP contribution in [-0.4, -0.2) is 6.54 Å². The topological polar surface area (TPSA) is 12.0 Å². The number of rotatable bonds is 5. The lowest BCUT2D eigenvalue weighted by atomic mass is 10.0. The molecule has 5 heteroatoms. The van der Waals surface area contributed by atoms with Crippen LogP contribution < -0.4 is 5.32 Å². The summed E-state index contributed by atoms with van der Waals surface area (Å²) in [5, 5.41) is 3.94. The van der Waals surface area contributed by atoms with Crippen LogP contribution in [0.3, 0.4) is 0 Å².